The molecule has 0 aliphatic carbocycles. The molecule has 2 rings (SSSR count). The van der Waals surface area contributed by atoms with Crippen molar-refractivity contribution in [1.82, 2.24) is 19.9 Å². The van der Waals surface area contributed by atoms with E-state index >= 15 is 0 Å². The van der Waals surface area contributed by atoms with Crippen molar-refractivity contribution in [2.75, 3.05) is 32.5 Å². The fourth-order valence-electron chi connectivity index (χ4n) is 1.81. The van der Waals surface area contributed by atoms with Crippen LogP contribution in [0.2, 0.25) is 0 Å². The number of pyridine rings is 1. The van der Waals surface area contributed by atoms with Gasteiger partial charge in [-0.05, 0) is 40.1 Å². The third-order valence-corrected chi connectivity index (χ3v) is 3.13. The zero-order valence-corrected chi connectivity index (χ0v) is 12.5. The monoisotopic (exact) mass is 271 g/mol. The van der Waals surface area contributed by atoms with Gasteiger partial charge in [0, 0.05) is 30.5 Å². The molecule has 1 N–H and O–H groups in total. The molecule has 0 atom stereocenters. The Morgan fingerprint density at radius 2 is 1.95 bits per heavy atom. The van der Waals surface area contributed by atoms with Gasteiger partial charge in [0.15, 0.2) is 5.82 Å². The van der Waals surface area contributed by atoms with Gasteiger partial charge in [-0.25, -0.2) is 9.97 Å². The van der Waals surface area contributed by atoms with E-state index in [9.17, 15) is 0 Å². The first kappa shape index (κ1) is 14.4. The van der Waals surface area contributed by atoms with Gasteiger partial charge in [0.05, 0.1) is 0 Å². The first-order valence-corrected chi connectivity index (χ1v) is 6.73. The maximum absolute atomic E-state index is 4.60. The Labute approximate surface area is 120 Å². The quantitative estimate of drug-likeness (QED) is 0.903. The Bertz CT molecular complexity index is 566. The molecule has 0 unspecified atom stereocenters. The number of hydrogen-bond donors (Lipinski definition) is 1. The van der Waals surface area contributed by atoms with Crippen molar-refractivity contribution in [3.8, 4) is 11.5 Å². The van der Waals surface area contributed by atoms with E-state index in [1.165, 1.54) is 0 Å². The summed E-state index contributed by atoms with van der Waals surface area (Å²) < 4.78 is 0. The lowest BCUT2D eigenvalue weighted by Crippen LogP contribution is -2.21. The number of hydrogen-bond acceptors (Lipinski definition) is 5. The zero-order valence-electron chi connectivity index (χ0n) is 12.5. The van der Waals surface area contributed by atoms with Crippen molar-refractivity contribution < 1.29 is 0 Å². The van der Waals surface area contributed by atoms with Crippen LogP contribution < -0.4 is 5.32 Å². The first-order chi connectivity index (χ1) is 9.58. The van der Waals surface area contributed by atoms with E-state index in [2.05, 4.69) is 39.3 Å². The van der Waals surface area contributed by atoms with Crippen LogP contribution in [-0.2, 0) is 0 Å². The predicted octanol–water partition coefficient (Wildman–Crippen LogP) is 2.13. The Morgan fingerprint density at radius 1 is 1.15 bits per heavy atom. The van der Waals surface area contributed by atoms with E-state index in [1.54, 1.807) is 6.20 Å². The molecule has 0 aromatic carbocycles. The smallest absolute Gasteiger partial charge is 0.180 e. The highest BCUT2D eigenvalue weighted by Crippen LogP contribution is 2.19. The van der Waals surface area contributed by atoms with Crippen molar-refractivity contribution in [2.45, 2.75) is 13.8 Å². The minimum atomic E-state index is 0.668. The molecular formula is C15H21N5. The second kappa shape index (κ2) is 6.43. The van der Waals surface area contributed by atoms with E-state index in [0.29, 0.717) is 5.82 Å². The van der Waals surface area contributed by atoms with E-state index in [0.717, 1.165) is 35.9 Å². The first-order valence-electron chi connectivity index (χ1n) is 6.73. The van der Waals surface area contributed by atoms with Gasteiger partial charge in [0.25, 0.3) is 0 Å². The predicted molar refractivity (Wildman–Crippen MR) is 81.8 cm³/mol. The molecule has 0 fully saturated rings. The summed E-state index contributed by atoms with van der Waals surface area (Å²) in [4.78, 5) is 15.6. The van der Waals surface area contributed by atoms with Gasteiger partial charge in [0.1, 0.15) is 11.5 Å². The molecule has 0 bridgehead atoms. The minimum absolute atomic E-state index is 0.668. The number of aryl methyl sites for hydroxylation is 1. The number of nitrogens with zero attached hydrogens (tertiary/aromatic N) is 4. The lowest BCUT2D eigenvalue weighted by molar-refractivity contribution is 0.425. The topological polar surface area (TPSA) is 53.9 Å². The van der Waals surface area contributed by atoms with Crippen LogP contribution in [0, 0.1) is 13.8 Å². The van der Waals surface area contributed by atoms with E-state index in [1.807, 2.05) is 32.0 Å². The Morgan fingerprint density at radius 3 is 2.60 bits per heavy atom. The second-order valence-electron chi connectivity index (χ2n) is 5.05. The van der Waals surface area contributed by atoms with Crippen molar-refractivity contribution >= 4 is 5.82 Å². The number of likely N-dealkylation sites (N-methyl/N-ethyl adjacent to an activating group) is 1. The standard InChI is InChI=1S/C15H21N5/c1-11-12(2)18-15(13-7-5-6-8-16-13)19-14(11)17-9-10-20(3)4/h5-8H,9-10H2,1-4H3,(H,17,18,19). The molecule has 5 heteroatoms. The summed E-state index contributed by atoms with van der Waals surface area (Å²) in [7, 11) is 4.11. The summed E-state index contributed by atoms with van der Waals surface area (Å²) in [6, 6.07) is 5.76. The average Bonchev–Trinajstić information content (AvgIpc) is 2.44. The lowest BCUT2D eigenvalue weighted by Gasteiger charge is -2.14. The molecule has 20 heavy (non-hydrogen) atoms. The maximum atomic E-state index is 4.60. The highest BCUT2D eigenvalue weighted by atomic mass is 15.1. The largest absolute Gasteiger partial charge is 0.368 e. The van der Waals surface area contributed by atoms with E-state index < -0.39 is 0 Å². The van der Waals surface area contributed by atoms with Gasteiger partial charge in [-0.3, -0.25) is 4.98 Å². The number of nitrogens with one attached hydrogen (secondary N) is 1. The number of aromatic nitrogens is 3. The molecule has 0 aliphatic heterocycles. The molecule has 2 aromatic heterocycles. The van der Waals surface area contributed by atoms with Gasteiger partial charge >= 0.3 is 0 Å². The Hall–Kier alpha value is -2.01. The van der Waals surface area contributed by atoms with Crippen LogP contribution in [0.25, 0.3) is 11.5 Å². The summed E-state index contributed by atoms with van der Waals surface area (Å²) in [6.07, 6.45) is 1.76. The summed E-state index contributed by atoms with van der Waals surface area (Å²) in [6.45, 7) is 5.85. The molecule has 0 radical (unpaired) electrons. The van der Waals surface area contributed by atoms with Crippen LogP contribution in [-0.4, -0.2) is 47.0 Å². The maximum Gasteiger partial charge on any atom is 0.180 e. The fraction of sp³-hybridized carbons (Fsp3) is 0.400. The highest BCUT2D eigenvalue weighted by Gasteiger charge is 2.10. The normalized spacial score (nSPS) is 10.8. The van der Waals surface area contributed by atoms with Crippen LogP contribution in [0.1, 0.15) is 11.3 Å². The molecule has 0 saturated heterocycles. The average molecular weight is 271 g/mol. The number of anilines is 1. The molecule has 0 saturated carbocycles. The molecular weight excluding hydrogens is 250 g/mol. The molecule has 0 amide bonds. The van der Waals surface area contributed by atoms with Gasteiger partial charge in [0.2, 0.25) is 0 Å². The van der Waals surface area contributed by atoms with Crippen molar-refractivity contribution in [2.24, 2.45) is 0 Å². The second-order valence-corrected chi connectivity index (χ2v) is 5.05. The van der Waals surface area contributed by atoms with Crippen LogP contribution in [0.5, 0.6) is 0 Å². The molecule has 2 heterocycles. The van der Waals surface area contributed by atoms with Gasteiger partial charge in [-0.2, -0.15) is 0 Å². The molecule has 0 aliphatic rings. The SMILES string of the molecule is Cc1nc(-c2ccccn2)nc(NCCN(C)C)c1C. The van der Waals surface area contributed by atoms with Gasteiger partial charge in [-0.1, -0.05) is 6.07 Å². The van der Waals surface area contributed by atoms with E-state index in [4.69, 9.17) is 0 Å². The molecule has 106 valence electrons. The fourth-order valence-corrected chi connectivity index (χ4v) is 1.81. The van der Waals surface area contributed by atoms with E-state index in [-0.39, 0.29) is 0 Å². The number of rotatable bonds is 5. The van der Waals surface area contributed by atoms with Crippen LogP contribution in [0.4, 0.5) is 5.82 Å². The summed E-state index contributed by atoms with van der Waals surface area (Å²) in [5.74, 6) is 1.56. The third kappa shape index (κ3) is 3.51. The Kier molecular flexibility index (Phi) is 4.63. The van der Waals surface area contributed by atoms with Gasteiger partial charge in [-0.15, -0.1) is 0 Å². The van der Waals surface area contributed by atoms with Crippen molar-refractivity contribution in [3.05, 3.63) is 35.7 Å². The zero-order chi connectivity index (χ0) is 14.5. The minimum Gasteiger partial charge on any atom is -0.368 e. The molecule has 5 nitrogen and oxygen atoms in total. The van der Waals surface area contributed by atoms with Gasteiger partial charge < -0.3 is 10.2 Å². The van der Waals surface area contributed by atoms with Crippen molar-refractivity contribution in [3.63, 3.8) is 0 Å². The lowest BCUT2D eigenvalue weighted by atomic mass is 10.2. The Balaban J connectivity index is 2.26. The van der Waals surface area contributed by atoms with Crippen molar-refractivity contribution in [1.29, 1.82) is 0 Å². The van der Waals surface area contributed by atoms with Crippen LogP contribution in [0.15, 0.2) is 24.4 Å². The third-order valence-electron chi connectivity index (χ3n) is 3.13. The summed E-state index contributed by atoms with van der Waals surface area (Å²) in [5, 5.41) is 3.37. The highest BCUT2D eigenvalue weighted by molar-refractivity contribution is 5.56. The molecule has 2 aromatic rings. The summed E-state index contributed by atoms with van der Waals surface area (Å²) in [5.41, 5.74) is 2.86. The van der Waals surface area contributed by atoms with Crippen LogP contribution in [0.3, 0.4) is 0 Å². The molecule has 0 spiro atoms. The van der Waals surface area contributed by atoms with Crippen LogP contribution >= 0.6 is 0 Å². The summed E-state index contributed by atoms with van der Waals surface area (Å²) >= 11 is 0.